The van der Waals surface area contributed by atoms with Crippen molar-refractivity contribution in [1.29, 1.82) is 0 Å². The second-order valence-corrected chi connectivity index (χ2v) is 7.14. The molecule has 0 heterocycles. The first-order valence-corrected chi connectivity index (χ1v) is 8.79. The fourth-order valence-corrected chi connectivity index (χ4v) is 3.71. The van der Waals surface area contributed by atoms with Gasteiger partial charge in [0.15, 0.2) is 0 Å². The second kappa shape index (κ2) is 6.72. The molecule has 3 nitrogen and oxygen atoms in total. The van der Waals surface area contributed by atoms with E-state index in [1.807, 2.05) is 24.3 Å². The van der Waals surface area contributed by atoms with E-state index in [4.69, 9.17) is 5.73 Å². The molecule has 2 fully saturated rings. The van der Waals surface area contributed by atoms with Gasteiger partial charge in [0.1, 0.15) is 0 Å². The number of hydrogen-bond acceptors (Lipinski definition) is 2. The summed E-state index contributed by atoms with van der Waals surface area (Å²) in [5.74, 6) is 1.17. The van der Waals surface area contributed by atoms with Crippen LogP contribution in [0, 0.1) is 5.92 Å². The number of nitrogens with zero attached hydrogens (tertiary/aromatic N) is 1. The van der Waals surface area contributed by atoms with E-state index < -0.39 is 0 Å². The van der Waals surface area contributed by atoms with E-state index >= 15 is 0 Å². The van der Waals surface area contributed by atoms with Crippen LogP contribution in [-0.4, -0.2) is 22.9 Å². The zero-order valence-electron chi connectivity index (χ0n) is 13.6. The normalized spacial score (nSPS) is 25.0. The molecule has 3 rings (SSSR count). The van der Waals surface area contributed by atoms with Crippen molar-refractivity contribution in [1.82, 2.24) is 4.90 Å². The summed E-state index contributed by atoms with van der Waals surface area (Å²) in [6.45, 7) is 2.33. The summed E-state index contributed by atoms with van der Waals surface area (Å²) >= 11 is 0. The maximum atomic E-state index is 12.8. The van der Waals surface area contributed by atoms with Crippen LogP contribution in [0.15, 0.2) is 24.3 Å². The van der Waals surface area contributed by atoms with Gasteiger partial charge in [-0.15, -0.1) is 0 Å². The Balaban J connectivity index is 1.60. The first-order chi connectivity index (χ1) is 10.6. The van der Waals surface area contributed by atoms with Crippen LogP contribution in [-0.2, 0) is 11.2 Å². The molecule has 0 aliphatic heterocycles. The average Bonchev–Trinajstić information content (AvgIpc) is 3.33. The number of rotatable bonds is 5. The van der Waals surface area contributed by atoms with Crippen LogP contribution >= 0.6 is 0 Å². The monoisotopic (exact) mass is 300 g/mol. The zero-order chi connectivity index (χ0) is 15.5. The number of amides is 1. The lowest BCUT2D eigenvalue weighted by molar-refractivity contribution is -0.135. The Morgan fingerprint density at radius 3 is 2.27 bits per heavy atom. The molecule has 2 N–H and O–H groups in total. The Morgan fingerprint density at radius 2 is 1.68 bits per heavy atom. The van der Waals surface area contributed by atoms with Crippen molar-refractivity contribution in [3.63, 3.8) is 0 Å². The summed E-state index contributed by atoms with van der Waals surface area (Å²) in [6.07, 6.45) is 8.68. The van der Waals surface area contributed by atoms with Crippen molar-refractivity contribution in [2.45, 2.75) is 70.4 Å². The first-order valence-electron chi connectivity index (χ1n) is 8.79. The van der Waals surface area contributed by atoms with E-state index in [0.29, 0.717) is 24.4 Å². The molecule has 0 radical (unpaired) electrons. The largest absolute Gasteiger partial charge is 0.399 e. The summed E-state index contributed by atoms with van der Waals surface area (Å²) in [7, 11) is 0. The lowest BCUT2D eigenvalue weighted by atomic mass is 9.86. The van der Waals surface area contributed by atoms with Crippen molar-refractivity contribution in [3.05, 3.63) is 29.8 Å². The van der Waals surface area contributed by atoms with Crippen LogP contribution in [0.2, 0.25) is 0 Å². The summed E-state index contributed by atoms with van der Waals surface area (Å²) < 4.78 is 0. The van der Waals surface area contributed by atoms with E-state index in [0.717, 1.165) is 23.6 Å². The SMILES string of the molecule is CC1CCC(N(C(=O)CCc2ccccc2N)C2CC2)CC1. The molecular formula is C19H28N2O. The maximum Gasteiger partial charge on any atom is 0.223 e. The summed E-state index contributed by atoms with van der Waals surface area (Å²) in [5.41, 5.74) is 7.89. The van der Waals surface area contributed by atoms with Gasteiger partial charge < -0.3 is 10.6 Å². The molecule has 0 atom stereocenters. The van der Waals surface area contributed by atoms with Crippen LogP contribution in [0.3, 0.4) is 0 Å². The number of hydrogen-bond donors (Lipinski definition) is 1. The number of carbonyl (C=O) groups is 1. The predicted octanol–water partition coefficient (Wildman–Crippen LogP) is 3.77. The smallest absolute Gasteiger partial charge is 0.223 e. The van der Waals surface area contributed by atoms with Gasteiger partial charge in [0.2, 0.25) is 5.91 Å². The van der Waals surface area contributed by atoms with Crippen LogP contribution in [0.25, 0.3) is 0 Å². The first kappa shape index (κ1) is 15.4. The quantitative estimate of drug-likeness (QED) is 0.841. The van der Waals surface area contributed by atoms with Crippen molar-refractivity contribution in [2.24, 2.45) is 5.92 Å². The van der Waals surface area contributed by atoms with Gasteiger partial charge in [-0.05, 0) is 62.5 Å². The topological polar surface area (TPSA) is 46.3 Å². The van der Waals surface area contributed by atoms with Gasteiger partial charge >= 0.3 is 0 Å². The fraction of sp³-hybridized carbons (Fsp3) is 0.632. The number of aryl methyl sites for hydroxylation is 1. The van der Waals surface area contributed by atoms with Crippen LogP contribution in [0.4, 0.5) is 5.69 Å². The molecule has 2 aliphatic carbocycles. The predicted molar refractivity (Wildman–Crippen MR) is 90.5 cm³/mol. The highest BCUT2D eigenvalue weighted by molar-refractivity contribution is 5.77. The second-order valence-electron chi connectivity index (χ2n) is 7.14. The van der Waals surface area contributed by atoms with Gasteiger partial charge in [0.05, 0.1) is 0 Å². The Bertz CT molecular complexity index is 516. The Labute approximate surface area is 133 Å². The standard InChI is InChI=1S/C19H28N2O/c1-14-6-9-16(10-7-14)21(17-11-12-17)19(22)13-8-15-4-2-3-5-18(15)20/h2-5,14,16-17H,6-13,20H2,1H3. The van der Waals surface area contributed by atoms with Gasteiger partial charge in [0.25, 0.3) is 0 Å². The summed E-state index contributed by atoms with van der Waals surface area (Å²) in [4.78, 5) is 15.0. The highest BCUT2D eigenvalue weighted by Gasteiger charge is 2.37. The molecule has 0 spiro atoms. The minimum atomic E-state index is 0.338. The van der Waals surface area contributed by atoms with Crippen molar-refractivity contribution in [2.75, 3.05) is 5.73 Å². The molecule has 0 bridgehead atoms. The number of carbonyl (C=O) groups excluding carboxylic acids is 1. The minimum absolute atomic E-state index is 0.338. The minimum Gasteiger partial charge on any atom is -0.399 e. The van der Waals surface area contributed by atoms with Gasteiger partial charge in [0, 0.05) is 24.2 Å². The number of nitrogen functional groups attached to an aromatic ring is 1. The number of benzene rings is 1. The Morgan fingerprint density at radius 1 is 1.09 bits per heavy atom. The zero-order valence-corrected chi connectivity index (χ0v) is 13.6. The molecule has 2 saturated carbocycles. The number of anilines is 1. The molecule has 0 unspecified atom stereocenters. The average molecular weight is 300 g/mol. The van der Waals surface area contributed by atoms with Gasteiger partial charge in [-0.25, -0.2) is 0 Å². The summed E-state index contributed by atoms with van der Waals surface area (Å²) in [5, 5.41) is 0. The lowest BCUT2D eigenvalue weighted by Gasteiger charge is -2.36. The third-order valence-corrected chi connectivity index (χ3v) is 5.27. The van der Waals surface area contributed by atoms with Crippen LogP contribution < -0.4 is 5.73 Å². The van der Waals surface area contributed by atoms with Crippen molar-refractivity contribution in [3.8, 4) is 0 Å². The van der Waals surface area contributed by atoms with Crippen LogP contribution in [0.1, 0.15) is 57.4 Å². The van der Waals surface area contributed by atoms with Gasteiger partial charge in [-0.1, -0.05) is 25.1 Å². The Kier molecular flexibility index (Phi) is 4.70. The number of para-hydroxylation sites is 1. The summed E-state index contributed by atoms with van der Waals surface area (Å²) in [6, 6.07) is 8.91. The van der Waals surface area contributed by atoms with E-state index in [1.54, 1.807) is 0 Å². The lowest BCUT2D eigenvalue weighted by Crippen LogP contribution is -2.43. The van der Waals surface area contributed by atoms with E-state index in [2.05, 4.69) is 11.8 Å². The highest BCUT2D eigenvalue weighted by Crippen LogP contribution is 2.35. The molecule has 1 aromatic carbocycles. The van der Waals surface area contributed by atoms with Crippen LogP contribution in [0.5, 0.6) is 0 Å². The molecule has 120 valence electrons. The molecule has 3 heteroatoms. The molecule has 1 amide bonds. The van der Waals surface area contributed by atoms with E-state index in [1.165, 1.54) is 38.5 Å². The molecule has 0 saturated heterocycles. The molecule has 22 heavy (non-hydrogen) atoms. The maximum absolute atomic E-state index is 12.8. The van der Waals surface area contributed by atoms with E-state index in [9.17, 15) is 4.79 Å². The third-order valence-electron chi connectivity index (χ3n) is 5.27. The Hall–Kier alpha value is -1.51. The highest BCUT2D eigenvalue weighted by atomic mass is 16.2. The third kappa shape index (κ3) is 3.63. The molecule has 2 aliphatic rings. The van der Waals surface area contributed by atoms with Gasteiger partial charge in [-0.2, -0.15) is 0 Å². The van der Waals surface area contributed by atoms with Crippen molar-refractivity contribution >= 4 is 11.6 Å². The molecule has 0 aromatic heterocycles. The molecular weight excluding hydrogens is 272 g/mol. The van der Waals surface area contributed by atoms with Gasteiger partial charge in [-0.3, -0.25) is 4.79 Å². The van der Waals surface area contributed by atoms with E-state index in [-0.39, 0.29) is 0 Å². The molecule has 1 aromatic rings. The number of nitrogens with two attached hydrogens (primary N) is 1. The fourth-order valence-electron chi connectivity index (χ4n) is 3.71. The van der Waals surface area contributed by atoms with Crippen molar-refractivity contribution < 1.29 is 4.79 Å².